The lowest BCUT2D eigenvalue weighted by Gasteiger charge is -2.17. The van der Waals surface area contributed by atoms with Gasteiger partial charge in [-0.25, -0.2) is 0 Å². The molecule has 6 heteroatoms. The van der Waals surface area contributed by atoms with Gasteiger partial charge in [-0.05, 0) is 37.3 Å². The van der Waals surface area contributed by atoms with Gasteiger partial charge in [0.1, 0.15) is 11.5 Å². The van der Waals surface area contributed by atoms with Crippen molar-refractivity contribution in [2.75, 3.05) is 5.32 Å². The summed E-state index contributed by atoms with van der Waals surface area (Å²) < 4.78 is 0. The van der Waals surface area contributed by atoms with Crippen LogP contribution in [-0.4, -0.2) is 16.1 Å². The fraction of sp³-hybridized carbons (Fsp3) is 0.133. The van der Waals surface area contributed by atoms with Gasteiger partial charge in [-0.2, -0.15) is 0 Å². The third-order valence-electron chi connectivity index (χ3n) is 3.10. The first-order valence-corrected chi connectivity index (χ1v) is 6.64. The first kappa shape index (κ1) is 15.0. The summed E-state index contributed by atoms with van der Waals surface area (Å²) in [6, 6.07) is 8.99. The van der Waals surface area contributed by atoms with Crippen LogP contribution in [0.15, 0.2) is 36.4 Å². The number of hydrogen-bond donors (Lipinski definition) is 4. The Morgan fingerprint density at radius 2 is 1.95 bits per heavy atom. The highest BCUT2D eigenvalue weighted by molar-refractivity contribution is 6.34. The standard InChI is InChI=1S/C15H15ClN2O3/c1-8(11-5-3-10(19)7-14(11)20)18-9-2-4-12(15(17)21)13(16)6-9/h2-8,18-20H,1H3,(H2,17,21). The number of carbonyl (C=O) groups excluding carboxylic acids is 1. The van der Waals surface area contributed by atoms with Crippen molar-refractivity contribution >= 4 is 23.2 Å². The molecule has 0 aliphatic heterocycles. The lowest BCUT2D eigenvalue weighted by molar-refractivity contribution is 0.100. The molecular formula is C15H15ClN2O3. The van der Waals surface area contributed by atoms with Crippen LogP contribution in [0.25, 0.3) is 0 Å². The van der Waals surface area contributed by atoms with E-state index in [0.717, 1.165) is 0 Å². The van der Waals surface area contributed by atoms with Crippen LogP contribution < -0.4 is 11.1 Å². The number of primary amides is 1. The van der Waals surface area contributed by atoms with E-state index in [0.29, 0.717) is 11.3 Å². The number of phenolic OH excluding ortho intramolecular Hbond substituents is 2. The predicted molar refractivity (Wildman–Crippen MR) is 81.8 cm³/mol. The van der Waals surface area contributed by atoms with Gasteiger partial charge in [0.05, 0.1) is 16.6 Å². The van der Waals surface area contributed by atoms with Crippen molar-refractivity contribution in [3.05, 3.63) is 52.5 Å². The van der Waals surface area contributed by atoms with Gasteiger partial charge >= 0.3 is 0 Å². The summed E-state index contributed by atoms with van der Waals surface area (Å²) in [6.45, 7) is 1.85. The van der Waals surface area contributed by atoms with Crippen molar-refractivity contribution < 1.29 is 15.0 Å². The number of phenols is 2. The van der Waals surface area contributed by atoms with Crippen LogP contribution in [-0.2, 0) is 0 Å². The molecule has 2 rings (SSSR count). The molecule has 1 atom stereocenters. The number of amides is 1. The number of nitrogens with one attached hydrogen (secondary N) is 1. The highest BCUT2D eigenvalue weighted by atomic mass is 35.5. The first-order valence-electron chi connectivity index (χ1n) is 6.26. The second-order valence-electron chi connectivity index (χ2n) is 4.67. The minimum atomic E-state index is -0.587. The number of benzene rings is 2. The minimum Gasteiger partial charge on any atom is -0.508 e. The molecule has 0 saturated carbocycles. The Morgan fingerprint density at radius 1 is 1.24 bits per heavy atom. The van der Waals surface area contributed by atoms with E-state index < -0.39 is 5.91 Å². The Kier molecular flexibility index (Phi) is 4.23. The van der Waals surface area contributed by atoms with Crippen molar-refractivity contribution in [2.24, 2.45) is 5.73 Å². The van der Waals surface area contributed by atoms with E-state index in [-0.39, 0.29) is 28.1 Å². The average molecular weight is 307 g/mol. The zero-order valence-corrected chi connectivity index (χ0v) is 12.1. The number of nitrogens with two attached hydrogens (primary N) is 1. The minimum absolute atomic E-state index is 0.00249. The zero-order chi connectivity index (χ0) is 15.6. The summed E-state index contributed by atoms with van der Waals surface area (Å²) in [5.74, 6) is -0.595. The van der Waals surface area contributed by atoms with Crippen LogP contribution in [0.3, 0.4) is 0 Å². The maximum Gasteiger partial charge on any atom is 0.250 e. The molecule has 0 bridgehead atoms. The molecule has 0 aromatic heterocycles. The van der Waals surface area contributed by atoms with Gasteiger partial charge in [0.25, 0.3) is 0 Å². The van der Waals surface area contributed by atoms with E-state index in [9.17, 15) is 15.0 Å². The summed E-state index contributed by atoms with van der Waals surface area (Å²) in [6.07, 6.45) is 0. The number of rotatable bonds is 4. The second kappa shape index (κ2) is 5.93. The lowest BCUT2D eigenvalue weighted by atomic mass is 10.1. The van der Waals surface area contributed by atoms with E-state index >= 15 is 0 Å². The SMILES string of the molecule is CC(Nc1ccc(C(N)=O)c(Cl)c1)c1ccc(O)cc1O. The Balaban J connectivity index is 2.21. The predicted octanol–water partition coefficient (Wildman–Crippen LogP) is 3.02. The van der Waals surface area contributed by atoms with Crippen molar-refractivity contribution in [1.29, 1.82) is 0 Å². The zero-order valence-electron chi connectivity index (χ0n) is 11.3. The summed E-state index contributed by atoms with van der Waals surface area (Å²) in [5, 5.41) is 22.5. The van der Waals surface area contributed by atoms with E-state index in [2.05, 4.69) is 5.32 Å². The summed E-state index contributed by atoms with van der Waals surface area (Å²) in [4.78, 5) is 11.1. The van der Waals surface area contributed by atoms with Gasteiger partial charge in [-0.15, -0.1) is 0 Å². The maximum absolute atomic E-state index is 11.1. The average Bonchev–Trinajstić information content (AvgIpc) is 2.37. The highest BCUT2D eigenvalue weighted by Crippen LogP contribution is 2.30. The van der Waals surface area contributed by atoms with Gasteiger partial charge in [0.2, 0.25) is 5.91 Å². The topological polar surface area (TPSA) is 95.6 Å². The Morgan fingerprint density at radius 3 is 2.52 bits per heavy atom. The molecule has 0 saturated heterocycles. The second-order valence-corrected chi connectivity index (χ2v) is 5.08. The monoisotopic (exact) mass is 306 g/mol. The fourth-order valence-electron chi connectivity index (χ4n) is 2.03. The highest BCUT2D eigenvalue weighted by Gasteiger charge is 2.12. The van der Waals surface area contributed by atoms with E-state index in [1.54, 1.807) is 18.2 Å². The molecule has 1 amide bonds. The van der Waals surface area contributed by atoms with Crippen LogP contribution in [0.1, 0.15) is 28.9 Å². The van der Waals surface area contributed by atoms with Crippen LogP contribution in [0.4, 0.5) is 5.69 Å². The van der Waals surface area contributed by atoms with Gasteiger partial charge in [0, 0.05) is 17.3 Å². The normalized spacial score (nSPS) is 11.9. The van der Waals surface area contributed by atoms with Crippen molar-refractivity contribution in [3.8, 4) is 11.5 Å². The molecule has 2 aromatic rings. The van der Waals surface area contributed by atoms with Gasteiger partial charge in [0.15, 0.2) is 0 Å². The molecule has 110 valence electrons. The molecule has 0 aliphatic rings. The van der Waals surface area contributed by atoms with Crippen LogP contribution in [0, 0.1) is 0 Å². The van der Waals surface area contributed by atoms with E-state index in [4.69, 9.17) is 17.3 Å². The van der Waals surface area contributed by atoms with Crippen molar-refractivity contribution in [2.45, 2.75) is 13.0 Å². The van der Waals surface area contributed by atoms with Gasteiger partial charge in [-0.3, -0.25) is 4.79 Å². The summed E-state index contributed by atoms with van der Waals surface area (Å²) in [7, 11) is 0. The largest absolute Gasteiger partial charge is 0.508 e. The molecule has 5 N–H and O–H groups in total. The molecule has 1 unspecified atom stereocenters. The van der Waals surface area contributed by atoms with Gasteiger partial charge in [-0.1, -0.05) is 11.6 Å². The number of halogens is 1. The third kappa shape index (κ3) is 3.38. The molecule has 0 aliphatic carbocycles. The summed E-state index contributed by atoms with van der Waals surface area (Å²) >= 11 is 5.98. The van der Waals surface area contributed by atoms with Crippen molar-refractivity contribution in [1.82, 2.24) is 0 Å². The molecule has 0 spiro atoms. The Hall–Kier alpha value is -2.40. The molecule has 5 nitrogen and oxygen atoms in total. The van der Waals surface area contributed by atoms with E-state index in [1.807, 2.05) is 6.92 Å². The molecule has 21 heavy (non-hydrogen) atoms. The number of hydrogen-bond acceptors (Lipinski definition) is 4. The first-order chi connectivity index (χ1) is 9.88. The molecular weight excluding hydrogens is 292 g/mol. The molecule has 0 fully saturated rings. The fourth-order valence-corrected chi connectivity index (χ4v) is 2.30. The number of aromatic hydroxyl groups is 2. The third-order valence-corrected chi connectivity index (χ3v) is 3.41. The number of anilines is 1. The molecule has 0 radical (unpaired) electrons. The quantitative estimate of drug-likeness (QED) is 0.698. The number of carbonyl (C=O) groups is 1. The van der Waals surface area contributed by atoms with E-state index in [1.165, 1.54) is 18.2 Å². The smallest absolute Gasteiger partial charge is 0.250 e. The maximum atomic E-state index is 11.1. The Bertz CT molecular complexity index is 689. The Labute approximate surface area is 127 Å². The van der Waals surface area contributed by atoms with Crippen LogP contribution in [0.2, 0.25) is 5.02 Å². The molecule has 2 aromatic carbocycles. The van der Waals surface area contributed by atoms with Crippen LogP contribution >= 0.6 is 11.6 Å². The molecule has 0 heterocycles. The van der Waals surface area contributed by atoms with Crippen LogP contribution in [0.5, 0.6) is 11.5 Å². The van der Waals surface area contributed by atoms with Gasteiger partial charge < -0.3 is 21.3 Å². The van der Waals surface area contributed by atoms with Crippen molar-refractivity contribution in [3.63, 3.8) is 0 Å². The summed E-state index contributed by atoms with van der Waals surface area (Å²) in [5.41, 5.74) is 6.76. The lowest BCUT2D eigenvalue weighted by Crippen LogP contribution is -2.12.